The summed E-state index contributed by atoms with van der Waals surface area (Å²) in [4.78, 5) is 37.4. The van der Waals surface area contributed by atoms with Gasteiger partial charge in [-0.15, -0.1) is 11.3 Å². The highest BCUT2D eigenvalue weighted by molar-refractivity contribution is 7.12. The zero-order chi connectivity index (χ0) is 21.1. The summed E-state index contributed by atoms with van der Waals surface area (Å²) in [6.07, 6.45) is 0.930. The second-order valence-corrected chi connectivity index (χ2v) is 8.30. The highest BCUT2D eigenvalue weighted by atomic mass is 32.1. The van der Waals surface area contributed by atoms with Crippen LogP contribution in [0.5, 0.6) is 0 Å². The Morgan fingerprint density at radius 3 is 2.10 bits per heavy atom. The Balaban J connectivity index is 1.36. The van der Waals surface area contributed by atoms with E-state index < -0.39 is 0 Å². The van der Waals surface area contributed by atoms with Crippen molar-refractivity contribution < 1.29 is 14.4 Å². The number of anilines is 3. The molecule has 1 saturated carbocycles. The maximum absolute atomic E-state index is 12.5. The summed E-state index contributed by atoms with van der Waals surface area (Å²) in [6, 6.07) is 17.3. The van der Waals surface area contributed by atoms with Crippen LogP contribution >= 0.6 is 11.3 Å². The maximum atomic E-state index is 12.5. The van der Waals surface area contributed by atoms with Gasteiger partial charge in [0.1, 0.15) is 0 Å². The molecule has 1 fully saturated rings. The van der Waals surface area contributed by atoms with E-state index >= 15 is 0 Å². The van der Waals surface area contributed by atoms with Gasteiger partial charge in [0, 0.05) is 28.5 Å². The van der Waals surface area contributed by atoms with E-state index in [4.69, 9.17) is 0 Å². The first-order valence-corrected chi connectivity index (χ1v) is 10.5. The van der Waals surface area contributed by atoms with E-state index in [2.05, 4.69) is 22.9 Å². The van der Waals surface area contributed by atoms with Gasteiger partial charge >= 0.3 is 0 Å². The largest absolute Gasteiger partial charge is 0.326 e. The SMILES string of the molecule is CC1CC1C(=O)Nc1ccc(C(=O)Nc2cccc(NC(=O)c3cccs3)c2)cc1. The molecule has 0 aliphatic heterocycles. The molecule has 4 rings (SSSR count). The van der Waals surface area contributed by atoms with Crippen molar-refractivity contribution >= 4 is 46.1 Å². The summed E-state index contributed by atoms with van der Waals surface area (Å²) in [5.74, 6) is 0.111. The third-order valence-electron chi connectivity index (χ3n) is 4.98. The minimum atomic E-state index is -0.273. The van der Waals surface area contributed by atoms with Gasteiger partial charge in [-0.05, 0) is 66.2 Å². The second-order valence-electron chi connectivity index (χ2n) is 7.35. The molecule has 7 heteroatoms. The molecule has 152 valence electrons. The number of hydrogen-bond donors (Lipinski definition) is 3. The Hall–Kier alpha value is -3.45. The lowest BCUT2D eigenvalue weighted by Crippen LogP contribution is -2.15. The minimum Gasteiger partial charge on any atom is -0.326 e. The van der Waals surface area contributed by atoms with E-state index in [0.717, 1.165) is 6.42 Å². The topological polar surface area (TPSA) is 87.3 Å². The summed E-state index contributed by atoms with van der Waals surface area (Å²) in [6.45, 7) is 2.06. The monoisotopic (exact) mass is 419 g/mol. The van der Waals surface area contributed by atoms with Crippen LogP contribution in [-0.4, -0.2) is 17.7 Å². The second kappa shape index (κ2) is 8.51. The van der Waals surface area contributed by atoms with Crippen LogP contribution in [0.3, 0.4) is 0 Å². The van der Waals surface area contributed by atoms with E-state index in [1.165, 1.54) is 11.3 Å². The van der Waals surface area contributed by atoms with E-state index in [0.29, 0.717) is 33.4 Å². The predicted octanol–water partition coefficient (Wildman–Crippen LogP) is 4.85. The van der Waals surface area contributed by atoms with Gasteiger partial charge in [-0.1, -0.05) is 19.1 Å². The van der Waals surface area contributed by atoms with Crippen molar-refractivity contribution in [2.75, 3.05) is 16.0 Å². The van der Waals surface area contributed by atoms with Crippen LogP contribution < -0.4 is 16.0 Å². The molecule has 2 aromatic carbocycles. The average Bonchev–Trinajstić information content (AvgIpc) is 3.23. The van der Waals surface area contributed by atoms with Gasteiger partial charge in [0.25, 0.3) is 11.8 Å². The molecule has 2 atom stereocenters. The molecule has 1 aliphatic carbocycles. The Morgan fingerprint density at radius 2 is 1.50 bits per heavy atom. The van der Waals surface area contributed by atoms with Crippen molar-refractivity contribution in [3.8, 4) is 0 Å². The van der Waals surface area contributed by atoms with Crippen LogP contribution in [-0.2, 0) is 4.79 Å². The minimum absolute atomic E-state index is 0.0288. The molecule has 3 N–H and O–H groups in total. The third kappa shape index (κ3) is 4.75. The molecule has 3 amide bonds. The summed E-state index contributed by atoms with van der Waals surface area (Å²) in [5, 5.41) is 10.4. The Morgan fingerprint density at radius 1 is 0.833 bits per heavy atom. The highest BCUT2D eigenvalue weighted by Gasteiger charge is 2.39. The van der Waals surface area contributed by atoms with Gasteiger partial charge in [0.05, 0.1) is 4.88 Å². The van der Waals surface area contributed by atoms with Crippen LogP contribution in [0.15, 0.2) is 66.0 Å². The van der Waals surface area contributed by atoms with Crippen molar-refractivity contribution in [3.05, 3.63) is 76.5 Å². The lowest BCUT2D eigenvalue weighted by Gasteiger charge is -2.09. The van der Waals surface area contributed by atoms with Crippen molar-refractivity contribution in [1.29, 1.82) is 0 Å². The van der Waals surface area contributed by atoms with Crippen LogP contribution in [0.4, 0.5) is 17.1 Å². The summed E-state index contributed by atoms with van der Waals surface area (Å²) in [5.41, 5.74) is 2.32. The molecular weight excluding hydrogens is 398 g/mol. The van der Waals surface area contributed by atoms with E-state index in [9.17, 15) is 14.4 Å². The molecule has 0 radical (unpaired) electrons. The first kappa shape index (κ1) is 19.8. The number of rotatable bonds is 6. The summed E-state index contributed by atoms with van der Waals surface area (Å²) >= 11 is 1.36. The number of carbonyl (C=O) groups is 3. The van der Waals surface area contributed by atoms with Gasteiger partial charge in [0.2, 0.25) is 5.91 Å². The van der Waals surface area contributed by atoms with E-state index in [-0.39, 0.29) is 23.6 Å². The third-order valence-corrected chi connectivity index (χ3v) is 5.85. The van der Waals surface area contributed by atoms with Gasteiger partial charge in [-0.25, -0.2) is 0 Å². The van der Waals surface area contributed by atoms with Crippen molar-refractivity contribution in [1.82, 2.24) is 0 Å². The summed E-state index contributed by atoms with van der Waals surface area (Å²) < 4.78 is 0. The number of hydrogen-bond acceptors (Lipinski definition) is 4. The van der Waals surface area contributed by atoms with Gasteiger partial charge in [0.15, 0.2) is 0 Å². The van der Waals surface area contributed by atoms with Crippen LogP contribution in [0.25, 0.3) is 0 Å². The average molecular weight is 420 g/mol. The molecule has 1 heterocycles. The smallest absolute Gasteiger partial charge is 0.265 e. The molecular formula is C23H21N3O3S. The maximum Gasteiger partial charge on any atom is 0.265 e. The van der Waals surface area contributed by atoms with Gasteiger partial charge in [-0.2, -0.15) is 0 Å². The lowest BCUT2D eigenvalue weighted by molar-refractivity contribution is -0.117. The molecule has 6 nitrogen and oxygen atoms in total. The fourth-order valence-electron chi connectivity index (χ4n) is 3.11. The Bertz CT molecular complexity index is 1080. The van der Waals surface area contributed by atoms with Crippen molar-refractivity contribution in [3.63, 3.8) is 0 Å². The highest BCUT2D eigenvalue weighted by Crippen LogP contribution is 2.38. The van der Waals surface area contributed by atoms with E-state index in [1.54, 1.807) is 54.6 Å². The lowest BCUT2D eigenvalue weighted by atomic mass is 10.1. The molecule has 2 unspecified atom stereocenters. The number of nitrogens with one attached hydrogen (secondary N) is 3. The number of benzene rings is 2. The standard InChI is InChI=1S/C23H21N3O3S/c1-14-12-19(14)22(28)24-16-9-7-15(8-10-16)21(27)25-17-4-2-5-18(13-17)26-23(29)20-6-3-11-30-20/h2-11,13-14,19H,12H2,1H3,(H,24,28)(H,25,27)(H,26,29). The Labute approximate surface area is 178 Å². The van der Waals surface area contributed by atoms with Gasteiger partial charge in [-0.3, -0.25) is 14.4 Å². The Kier molecular flexibility index (Phi) is 5.63. The molecule has 3 aromatic rings. The fourth-order valence-corrected chi connectivity index (χ4v) is 3.72. The van der Waals surface area contributed by atoms with Crippen LogP contribution in [0, 0.1) is 11.8 Å². The normalized spacial score (nSPS) is 17.1. The molecule has 1 aliphatic rings. The summed E-state index contributed by atoms with van der Waals surface area (Å²) in [7, 11) is 0. The zero-order valence-corrected chi connectivity index (χ0v) is 17.2. The fraction of sp³-hybridized carbons (Fsp3) is 0.174. The van der Waals surface area contributed by atoms with E-state index in [1.807, 2.05) is 11.4 Å². The first-order valence-electron chi connectivity index (χ1n) is 9.67. The molecule has 0 spiro atoms. The molecule has 1 aromatic heterocycles. The number of amides is 3. The van der Waals surface area contributed by atoms with Crippen LogP contribution in [0.2, 0.25) is 0 Å². The quantitative estimate of drug-likeness (QED) is 0.534. The van der Waals surface area contributed by atoms with Gasteiger partial charge < -0.3 is 16.0 Å². The zero-order valence-electron chi connectivity index (χ0n) is 16.3. The predicted molar refractivity (Wildman–Crippen MR) is 119 cm³/mol. The van der Waals surface area contributed by atoms with Crippen molar-refractivity contribution in [2.45, 2.75) is 13.3 Å². The number of carbonyl (C=O) groups excluding carboxylic acids is 3. The molecule has 30 heavy (non-hydrogen) atoms. The molecule has 0 saturated heterocycles. The molecule has 0 bridgehead atoms. The van der Waals surface area contributed by atoms with Crippen LogP contribution in [0.1, 0.15) is 33.4 Å². The first-order chi connectivity index (χ1) is 14.5. The van der Waals surface area contributed by atoms with Crippen molar-refractivity contribution in [2.24, 2.45) is 11.8 Å². The number of thiophene rings is 1.